The molecule has 0 aromatic carbocycles. The maximum atomic E-state index is 13.1. The minimum atomic E-state index is -1.92. The molecule has 12 nitrogen and oxygen atoms in total. The lowest BCUT2D eigenvalue weighted by atomic mass is 9.98. The van der Waals surface area contributed by atoms with E-state index in [1.54, 1.807) is 0 Å². The Balaban J connectivity index is 2.71. The van der Waals surface area contributed by atoms with Crippen LogP contribution in [0.5, 0.6) is 0 Å². The van der Waals surface area contributed by atoms with E-state index >= 15 is 0 Å². The molecule has 1 heterocycles. The highest BCUT2D eigenvalue weighted by molar-refractivity contribution is 5.74. The van der Waals surface area contributed by atoms with Gasteiger partial charge >= 0.3 is 23.9 Å². The zero-order valence-corrected chi connectivity index (χ0v) is 47.9. The smallest absolute Gasteiger partial charge is 0.335 e. The van der Waals surface area contributed by atoms with Gasteiger partial charge in [-0.1, -0.05) is 220 Å². The number of allylic oxidation sites excluding steroid dienone is 18. The van der Waals surface area contributed by atoms with E-state index in [4.69, 9.17) is 23.7 Å². The van der Waals surface area contributed by atoms with Gasteiger partial charge in [0, 0.05) is 19.3 Å². The molecule has 1 aliphatic rings. The van der Waals surface area contributed by atoms with Gasteiger partial charge in [-0.05, 0) is 96.3 Å². The van der Waals surface area contributed by atoms with E-state index in [-0.39, 0.29) is 25.9 Å². The number of ether oxygens (including phenoxy) is 5. The van der Waals surface area contributed by atoms with Crippen molar-refractivity contribution in [1.82, 2.24) is 0 Å². The molecule has 0 bridgehead atoms. The molecule has 0 saturated carbocycles. The van der Waals surface area contributed by atoms with Crippen molar-refractivity contribution in [3.63, 3.8) is 0 Å². The van der Waals surface area contributed by atoms with Gasteiger partial charge in [-0.2, -0.15) is 0 Å². The molecule has 3 N–H and O–H groups in total. The number of carboxylic acids is 1. The maximum Gasteiger partial charge on any atom is 0.335 e. The second kappa shape index (κ2) is 52.1. The number of carboxylic acid groups (broad SMARTS) is 1. The number of rotatable bonds is 49. The zero-order chi connectivity index (χ0) is 56.1. The predicted octanol–water partition coefficient (Wildman–Crippen LogP) is 15.4. The van der Waals surface area contributed by atoms with Crippen molar-refractivity contribution in [2.75, 3.05) is 13.2 Å². The molecule has 77 heavy (non-hydrogen) atoms. The lowest BCUT2D eigenvalue weighted by Gasteiger charge is -2.40. The van der Waals surface area contributed by atoms with Crippen molar-refractivity contribution in [3.8, 4) is 0 Å². The first-order chi connectivity index (χ1) is 37.6. The molecule has 6 unspecified atom stereocenters. The highest BCUT2D eigenvalue weighted by Crippen LogP contribution is 2.26. The molecule has 0 aromatic heterocycles. The Bertz CT molecular complexity index is 1750. The summed E-state index contributed by atoms with van der Waals surface area (Å²) in [5, 5.41) is 31.5. The van der Waals surface area contributed by atoms with Crippen LogP contribution in [-0.2, 0) is 42.9 Å². The number of carbonyl (C=O) groups excluding carboxylic acids is 3. The molecule has 1 fully saturated rings. The summed E-state index contributed by atoms with van der Waals surface area (Å²) in [4.78, 5) is 51.1. The van der Waals surface area contributed by atoms with Crippen LogP contribution in [0.25, 0.3) is 0 Å². The van der Waals surface area contributed by atoms with Crippen molar-refractivity contribution >= 4 is 23.9 Å². The van der Waals surface area contributed by atoms with Crippen LogP contribution in [-0.4, -0.2) is 89.2 Å². The lowest BCUT2D eigenvalue weighted by molar-refractivity contribution is -0.301. The summed E-state index contributed by atoms with van der Waals surface area (Å²) in [6.07, 6.45) is 57.8. The Labute approximate surface area is 465 Å². The minimum Gasteiger partial charge on any atom is -0.479 e. The van der Waals surface area contributed by atoms with Crippen LogP contribution in [0.15, 0.2) is 109 Å². The second-order valence-electron chi connectivity index (χ2n) is 19.9. The fourth-order valence-electron chi connectivity index (χ4n) is 8.34. The molecule has 0 radical (unpaired) electrons. The summed E-state index contributed by atoms with van der Waals surface area (Å²) in [7, 11) is 0. The van der Waals surface area contributed by atoms with E-state index in [0.717, 1.165) is 116 Å². The normalized spacial score (nSPS) is 18.8. The summed E-state index contributed by atoms with van der Waals surface area (Å²) < 4.78 is 28.3. The third-order valence-corrected chi connectivity index (χ3v) is 12.8. The molecule has 6 atom stereocenters. The highest BCUT2D eigenvalue weighted by atomic mass is 16.7. The van der Waals surface area contributed by atoms with E-state index in [1.807, 2.05) is 6.08 Å². The average Bonchev–Trinajstić information content (AvgIpc) is 3.41. The standard InChI is InChI=1S/C65H104O12/c1-4-7-10-13-16-19-22-24-26-28-29-31-33-35-38-41-44-47-50-53-59(68)76-63-61(70)60(69)62(64(71)72)77-65(63)74-55-56(75-58(67)52-49-46-43-40-36-21-18-15-12-9-6-3)54-73-57(66)51-48-45-42-39-37-34-32-30-27-25-23-20-17-14-11-8-5-2/h7-8,10-11,16-17,19-20,24-27,29,31-32,34,39,42,56,60-63,65,69-70H,4-6,9,12-15,18,21-23,28,30,33,35-38,40-41,43-55H2,1-3H3,(H,71,72)/b10-7-,11-8-,19-16-,20-17-,26-24-,27-25-,31-29-,34-32-,42-39-. The van der Waals surface area contributed by atoms with Crippen LogP contribution < -0.4 is 0 Å². The van der Waals surface area contributed by atoms with Gasteiger partial charge in [-0.15, -0.1) is 0 Å². The van der Waals surface area contributed by atoms with Gasteiger partial charge in [-0.25, -0.2) is 4.79 Å². The first-order valence-electron chi connectivity index (χ1n) is 29.9. The summed E-state index contributed by atoms with van der Waals surface area (Å²) in [5.74, 6) is -3.22. The molecule has 1 rings (SSSR count). The topological polar surface area (TPSA) is 175 Å². The number of aliphatic hydroxyl groups is 2. The van der Waals surface area contributed by atoms with Crippen LogP contribution in [0.1, 0.15) is 226 Å². The summed E-state index contributed by atoms with van der Waals surface area (Å²) in [6.45, 7) is 5.70. The maximum absolute atomic E-state index is 13.1. The predicted molar refractivity (Wildman–Crippen MR) is 312 cm³/mol. The molecule has 12 heteroatoms. The van der Waals surface area contributed by atoms with E-state index in [2.05, 4.69) is 124 Å². The fraction of sp³-hybridized carbons (Fsp3) is 0.662. The monoisotopic (exact) mass is 1080 g/mol. The third kappa shape index (κ3) is 42.1. The molecular formula is C65H104O12. The quantitative estimate of drug-likeness (QED) is 0.0228. The Morgan fingerprint density at radius 1 is 0.442 bits per heavy atom. The number of aliphatic hydroxyl groups excluding tert-OH is 2. The average molecular weight is 1080 g/mol. The van der Waals surface area contributed by atoms with Crippen LogP contribution in [0.4, 0.5) is 0 Å². The summed E-state index contributed by atoms with van der Waals surface area (Å²) in [5.41, 5.74) is 0. The van der Waals surface area contributed by atoms with Gasteiger partial charge in [0.2, 0.25) is 0 Å². The minimum absolute atomic E-state index is 0.0344. The van der Waals surface area contributed by atoms with Gasteiger partial charge < -0.3 is 39.0 Å². The number of hydrogen-bond acceptors (Lipinski definition) is 11. The number of aliphatic carboxylic acids is 1. The van der Waals surface area contributed by atoms with Crippen molar-refractivity contribution in [3.05, 3.63) is 109 Å². The molecule has 436 valence electrons. The number of esters is 3. The number of hydrogen-bond donors (Lipinski definition) is 3. The van der Waals surface area contributed by atoms with Crippen molar-refractivity contribution in [1.29, 1.82) is 0 Å². The Morgan fingerprint density at radius 2 is 0.831 bits per heavy atom. The van der Waals surface area contributed by atoms with Crippen molar-refractivity contribution in [2.24, 2.45) is 0 Å². The van der Waals surface area contributed by atoms with Gasteiger partial charge in [0.15, 0.2) is 24.6 Å². The van der Waals surface area contributed by atoms with E-state index in [1.165, 1.54) is 44.9 Å². The van der Waals surface area contributed by atoms with Crippen molar-refractivity contribution < 1.29 is 58.2 Å². The molecular weight excluding hydrogens is 973 g/mol. The molecule has 1 aliphatic heterocycles. The van der Waals surface area contributed by atoms with Crippen LogP contribution >= 0.6 is 0 Å². The first kappa shape index (κ1) is 70.4. The molecule has 1 saturated heterocycles. The first-order valence-corrected chi connectivity index (χ1v) is 29.9. The van der Waals surface area contributed by atoms with Gasteiger partial charge in [0.05, 0.1) is 6.61 Å². The molecule has 0 amide bonds. The van der Waals surface area contributed by atoms with Crippen molar-refractivity contribution in [2.45, 2.75) is 263 Å². The SMILES string of the molecule is CC/C=C\C/C=C\C/C=C\C/C=C\C/C=C\CCCC(=O)OCC(COC1OC(C(=O)O)C(O)C(O)C1OC(=O)CCCCCCCC/C=C\C/C=C\C/C=C\C/C=C\CC)OC(=O)CCCCCCCCCCCCC. The third-order valence-electron chi connectivity index (χ3n) is 12.8. The largest absolute Gasteiger partial charge is 0.479 e. The molecule has 0 aliphatic carbocycles. The zero-order valence-electron chi connectivity index (χ0n) is 47.9. The van der Waals surface area contributed by atoms with E-state index < -0.39 is 67.3 Å². The number of unbranched alkanes of at least 4 members (excludes halogenated alkanes) is 17. The van der Waals surface area contributed by atoms with E-state index in [0.29, 0.717) is 25.7 Å². The second-order valence-corrected chi connectivity index (χ2v) is 19.9. The summed E-state index contributed by atoms with van der Waals surface area (Å²) in [6, 6.07) is 0. The van der Waals surface area contributed by atoms with Crippen LogP contribution in [0, 0.1) is 0 Å². The Hall–Kier alpha value is -4.62. The van der Waals surface area contributed by atoms with Crippen LogP contribution in [0.2, 0.25) is 0 Å². The van der Waals surface area contributed by atoms with Gasteiger partial charge in [0.25, 0.3) is 0 Å². The molecule has 0 spiro atoms. The van der Waals surface area contributed by atoms with E-state index in [9.17, 15) is 34.5 Å². The highest BCUT2D eigenvalue weighted by Gasteiger charge is 2.50. The lowest BCUT2D eigenvalue weighted by Crippen LogP contribution is -2.61. The van der Waals surface area contributed by atoms with Crippen LogP contribution in [0.3, 0.4) is 0 Å². The van der Waals surface area contributed by atoms with Gasteiger partial charge in [0.1, 0.15) is 18.8 Å². The molecule has 0 aromatic rings. The Morgan fingerprint density at radius 3 is 1.29 bits per heavy atom. The Kier molecular flexibility index (Phi) is 47.6. The van der Waals surface area contributed by atoms with Gasteiger partial charge in [-0.3, -0.25) is 14.4 Å². The summed E-state index contributed by atoms with van der Waals surface area (Å²) >= 11 is 0. The fourth-order valence-corrected chi connectivity index (χ4v) is 8.34. The number of carbonyl (C=O) groups is 4.